The highest BCUT2D eigenvalue weighted by Crippen LogP contribution is 2.38. The van der Waals surface area contributed by atoms with Gasteiger partial charge in [0.05, 0.1) is 7.11 Å². The molecular weight excluding hydrogens is 166 g/mol. The van der Waals surface area contributed by atoms with Crippen molar-refractivity contribution in [3.05, 3.63) is 0 Å². The Morgan fingerprint density at radius 3 is 2.67 bits per heavy atom. The van der Waals surface area contributed by atoms with Crippen LogP contribution >= 0.6 is 0 Å². The Hall–Kier alpha value is -0.670. The summed E-state index contributed by atoms with van der Waals surface area (Å²) < 4.78 is 30.3. The molecule has 1 fully saturated rings. The molecule has 1 atom stereocenters. The Bertz CT molecular complexity index is 180. The first kappa shape index (κ1) is 9.42. The van der Waals surface area contributed by atoms with Crippen molar-refractivity contribution in [2.75, 3.05) is 7.11 Å². The molecule has 1 rings (SSSR count). The number of ether oxygens (including phenoxy) is 1. The Morgan fingerprint density at radius 1 is 1.50 bits per heavy atom. The van der Waals surface area contributed by atoms with Gasteiger partial charge in [0.15, 0.2) is 0 Å². The highest BCUT2D eigenvalue weighted by atomic mass is 19.3. The number of esters is 1. The predicted molar refractivity (Wildman–Crippen MR) is 38.9 cm³/mol. The molecule has 0 aromatic heterocycles. The van der Waals surface area contributed by atoms with E-state index in [2.05, 4.69) is 4.74 Å². The van der Waals surface area contributed by atoms with Crippen LogP contribution < -0.4 is 0 Å². The molecule has 0 spiro atoms. The number of halogens is 2. The lowest BCUT2D eigenvalue weighted by atomic mass is 9.86. The normalized spacial score (nSPS) is 28.1. The van der Waals surface area contributed by atoms with E-state index in [0.29, 0.717) is 12.8 Å². The molecule has 0 aliphatic heterocycles. The van der Waals surface area contributed by atoms with Crippen LogP contribution in [-0.4, -0.2) is 19.0 Å². The van der Waals surface area contributed by atoms with Crippen LogP contribution in [0.3, 0.4) is 0 Å². The van der Waals surface area contributed by atoms with Gasteiger partial charge in [0, 0.05) is 6.42 Å². The Morgan fingerprint density at radius 2 is 2.17 bits per heavy atom. The second-order valence-corrected chi connectivity index (χ2v) is 3.08. The fraction of sp³-hybridized carbons (Fsp3) is 0.875. The van der Waals surface area contributed by atoms with Gasteiger partial charge >= 0.3 is 5.97 Å². The third-order valence-corrected chi connectivity index (χ3v) is 2.25. The third kappa shape index (κ3) is 1.73. The summed E-state index contributed by atoms with van der Waals surface area (Å²) in [6.45, 7) is 0. The number of methoxy groups -OCH3 is 1. The van der Waals surface area contributed by atoms with Gasteiger partial charge in [0.1, 0.15) is 5.92 Å². The van der Waals surface area contributed by atoms with Crippen molar-refractivity contribution in [1.29, 1.82) is 0 Å². The summed E-state index contributed by atoms with van der Waals surface area (Å²) in [6.07, 6.45) is 1.25. The maximum absolute atomic E-state index is 13.0. The quantitative estimate of drug-likeness (QED) is 0.574. The van der Waals surface area contributed by atoms with E-state index in [1.54, 1.807) is 0 Å². The predicted octanol–water partition coefficient (Wildman–Crippen LogP) is 1.98. The average molecular weight is 178 g/mol. The summed E-state index contributed by atoms with van der Waals surface area (Å²) in [7, 11) is 1.15. The molecule has 0 aromatic carbocycles. The van der Waals surface area contributed by atoms with Gasteiger partial charge in [-0.05, 0) is 12.8 Å². The van der Waals surface area contributed by atoms with Crippen LogP contribution in [0.25, 0.3) is 0 Å². The van der Waals surface area contributed by atoms with Gasteiger partial charge in [-0.15, -0.1) is 0 Å². The molecule has 0 heterocycles. The zero-order valence-corrected chi connectivity index (χ0v) is 6.98. The summed E-state index contributed by atoms with van der Waals surface area (Å²) in [5, 5.41) is 0. The van der Waals surface area contributed by atoms with Crippen LogP contribution in [0.15, 0.2) is 0 Å². The first-order chi connectivity index (χ1) is 5.58. The summed E-state index contributed by atoms with van der Waals surface area (Å²) in [4.78, 5) is 10.9. The molecule has 1 aliphatic rings. The largest absolute Gasteiger partial charge is 0.469 e. The zero-order valence-electron chi connectivity index (χ0n) is 6.98. The monoisotopic (exact) mass is 178 g/mol. The van der Waals surface area contributed by atoms with Gasteiger partial charge in [0.2, 0.25) is 0 Å². The highest BCUT2D eigenvalue weighted by Gasteiger charge is 2.46. The minimum atomic E-state index is -2.86. The van der Waals surface area contributed by atoms with Gasteiger partial charge in [-0.2, -0.15) is 0 Å². The molecule has 1 unspecified atom stereocenters. The second-order valence-electron chi connectivity index (χ2n) is 3.08. The van der Waals surface area contributed by atoms with Crippen molar-refractivity contribution in [3.8, 4) is 0 Å². The molecular formula is C8H12F2O2. The highest BCUT2D eigenvalue weighted by molar-refractivity contribution is 5.73. The molecule has 1 aliphatic carbocycles. The van der Waals surface area contributed by atoms with Gasteiger partial charge < -0.3 is 4.74 Å². The molecule has 0 aromatic rings. The smallest absolute Gasteiger partial charge is 0.314 e. The molecule has 70 valence electrons. The maximum atomic E-state index is 13.0. The van der Waals surface area contributed by atoms with E-state index in [1.165, 1.54) is 0 Å². The number of carbonyl (C=O) groups is 1. The van der Waals surface area contributed by atoms with Crippen LogP contribution in [0.5, 0.6) is 0 Å². The SMILES string of the molecule is COC(=O)C1CCCCC1(F)F. The Kier molecular flexibility index (Phi) is 2.65. The molecule has 12 heavy (non-hydrogen) atoms. The number of alkyl halides is 2. The minimum Gasteiger partial charge on any atom is -0.469 e. The van der Waals surface area contributed by atoms with E-state index in [1.807, 2.05) is 0 Å². The standard InChI is InChI=1S/C8H12F2O2/c1-12-7(11)6-4-2-3-5-8(6,9)10/h6H,2-5H2,1H3. The molecule has 0 radical (unpaired) electrons. The fourth-order valence-corrected chi connectivity index (χ4v) is 1.53. The Balaban J connectivity index is 2.66. The van der Waals surface area contributed by atoms with Gasteiger partial charge in [-0.1, -0.05) is 6.42 Å². The van der Waals surface area contributed by atoms with Crippen molar-refractivity contribution in [1.82, 2.24) is 0 Å². The lowest BCUT2D eigenvalue weighted by Gasteiger charge is -2.28. The van der Waals surface area contributed by atoms with Crippen molar-refractivity contribution >= 4 is 5.97 Å². The van der Waals surface area contributed by atoms with E-state index in [0.717, 1.165) is 7.11 Å². The van der Waals surface area contributed by atoms with Crippen LogP contribution in [0.2, 0.25) is 0 Å². The number of hydrogen-bond acceptors (Lipinski definition) is 2. The molecule has 1 saturated carbocycles. The van der Waals surface area contributed by atoms with Crippen molar-refractivity contribution in [3.63, 3.8) is 0 Å². The van der Waals surface area contributed by atoms with E-state index >= 15 is 0 Å². The Labute approximate surface area is 69.9 Å². The van der Waals surface area contributed by atoms with Gasteiger partial charge in [0.25, 0.3) is 5.92 Å². The molecule has 0 amide bonds. The lowest BCUT2D eigenvalue weighted by Crippen LogP contribution is -2.37. The molecule has 0 N–H and O–H groups in total. The fourth-order valence-electron chi connectivity index (χ4n) is 1.53. The van der Waals surface area contributed by atoms with Crippen molar-refractivity contribution in [2.45, 2.75) is 31.6 Å². The first-order valence-corrected chi connectivity index (χ1v) is 4.03. The van der Waals surface area contributed by atoms with Crippen LogP contribution in [0.4, 0.5) is 8.78 Å². The van der Waals surface area contributed by atoms with E-state index in [4.69, 9.17) is 0 Å². The summed E-state index contributed by atoms with van der Waals surface area (Å²) in [5.41, 5.74) is 0. The average Bonchev–Trinajstić information content (AvgIpc) is 2.02. The van der Waals surface area contributed by atoms with Crippen molar-refractivity contribution in [2.24, 2.45) is 5.92 Å². The number of hydrogen-bond donors (Lipinski definition) is 0. The van der Waals surface area contributed by atoms with Gasteiger partial charge in [-0.25, -0.2) is 8.78 Å². The van der Waals surface area contributed by atoms with Crippen LogP contribution in [-0.2, 0) is 9.53 Å². The van der Waals surface area contributed by atoms with E-state index in [9.17, 15) is 13.6 Å². The van der Waals surface area contributed by atoms with E-state index < -0.39 is 17.8 Å². The molecule has 4 heteroatoms. The molecule has 0 bridgehead atoms. The number of rotatable bonds is 1. The topological polar surface area (TPSA) is 26.3 Å². The van der Waals surface area contributed by atoms with E-state index in [-0.39, 0.29) is 12.8 Å². The lowest BCUT2D eigenvalue weighted by molar-refractivity contribution is -0.165. The zero-order chi connectivity index (χ0) is 9.19. The third-order valence-electron chi connectivity index (χ3n) is 2.25. The van der Waals surface area contributed by atoms with Crippen LogP contribution in [0, 0.1) is 5.92 Å². The maximum Gasteiger partial charge on any atom is 0.314 e. The summed E-state index contributed by atoms with van der Waals surface area (Å²) in [6, 6.07) is 0. The summed E-state index contributed by atoms with van der Waals surface area (Å²) in [5.74, 6) is -4.85. The van der Waals surface area contributed by atoms with Crippen molar-refractivity contribution < 1.29 is 18.3 Å². The summed E-state index contributed by atoms with van der Waals surface area (Å²) >= 11 is 0. The number of carbonyl (C=O) groups excluding carboxylic acids is 1. The molecule has 0 saturated heterocycles. The van der Waals surface area contributed by atoms with Gasteiger partial charge in [-0.3, -0.25) is 4.79 Å². The minimum absolute atomic E-state index is 0.188. The van der Waals surface area contributed by atoms with Crippen LogP contribution in [0.1, 0.15) is 25.7 Å². The first-order valence-electron chi connectivity index (χ1n) is 4.03. The molecule has 2 nitrogen and oxygen atoms in total. The second kappa shape index (κ2) is 3.37.